The molecule has 0 aliphatic carbocycles. The van der Waals surface area contributed by atoms with E-state index in [0.29, 0.717) is 24.7 Å². The Morgan fingerprint density at radius 3 is 2.24 bits per heavy atom. The van der Waals surface area contributed by atoms with Gasteiger partial charge in [-0.05, 0) is 31.1 Å². The van der Waals surface area contributed by atoms with Crippen LogP contribution in [0.15, 0.2) is 12.2 Å². The minimum absolute atomic E-state index is 0.0512. The van der Waals surface area contributed by atoms with Crippen LogP contribution in [-0.4, -0.2) is 99.9 Å². The first-order valence-corrected chi connectivity index (χ1v) is 17.4. The third kappa shape index (κ3) is 13.5. The highest BCUT2D eigenvalue weighted by Gasteiger charge is 2.48. The Balaban J connectivity index is 0.00000134. The Hall–Kier alpha value is -0.720. The number of rotatable bonds is 3. The second-order valence-corrected chi connectivity index (χ2v) is 12.5. The summed E-state index contributed by atoms with van der Waals surface area (Å²) in [4.78, 5) is 13.2. The van der Waals surface area contributed by atoms with Crippen LogP contribution in [0.2, 0.25) is 0 Å². The molecule has 6 N–H and O–H groups in total. The number of amides is 1. The normalized spacial score (nSPS) is 36.3. The van der Waals surface area contributed by atoms with E-state index < -0.39 is 41.9 Å². The van der Waals surface area contributed by atoms with Crippen LogP contribution >= 0.6 is 11.8 Å². The largest absolute Gasteiger partial charge is 0.396 e. The zero-order valence-electron chi connectivity index (χ0n) is 27.8. The van der Waals surface area contributed by atoms with Crippen LogP contribution in [0.1, 0.15) is 94.4 Å². The standard InChI is InChI=1S/C21H34N2O7S.C4H10.C3H8.2C2H6/c24-9-11-4-3-6-13(19-16(26)15(25)17(27)21(30-19)31-10-11)23-20(28)14-18-12(8-22-14)5-1-2-7-29-18;1-4(2)3;1-3-2;2*1-2/h3-4,11-19,21-22,24-27H,1-2,5-10H2,(H,23,28);4H,1-3H3;3H2,1-2H3;2*1-2H3/b4-3-;;;;/t11?,12-,13?,14?,15?,16?,17?,18?,19?,21?;;;;/m0..../s1. The molecule has 3 fully saturated rings. The number of hydrogen-bond donors (Lipinski definition) is 6. The van der Waals surface area contributed by atoms with Gasteiger partial charge in [-0.2, -0.15) is 0 Å². The van der Waals surface area contributed by atoms with Gasteiger partial charge in [0.25, 0.3) is 0 Å². The van der Waals surface area contributed by atoms with Gasteiger partial charge in [0.15, 0.2) is 0 Å². The van der Waals surface area contributed by atoms with Gasteiger partial charge in [0.05, 0.1) is 18.8 Å². The summed E-state index contributed by atoms with van der Waals surface area (Å²) in [5.41, 5.74) is -0.762. The summed E-state index contributed by atoms with van der Waals surface area (Å²) in [6.45, 7) is 20.1. The fourth-order valence-electron chi connectivity index (χ4n) is 4.95. The highest BCUT2D eigenvalue weighted by atomic mass is 32.2. The molecule has 4 aliphatic rings. The number of fused-ring (bicyclic) bond motifs is 3. The number of carbonyl (C=O) groups is 1. The van der Waals surface area contributed by atoms with Gasteiger partial charge in [-0.25, -0.2) is 0 Å². The van der Waals surface area contributed by atoms with Crippen molar-refractivity contribution in [2.45, 2.75) is 142 Å². The third-order valence-electron chi connectivity index (χ3n) is 6.79. The molecule has 4 aliphatic heterocycles. The number of carbonyl (C=O) groups excluding carboxylic acids is 1. The first-order valence-electron chi connectivity index (χ1n) is 16.4. The third-order valence-corrected chi connectivity index (χ3v) is 8.13. The highest BCUT2D eigenvalue weighted by Crippen LogP contribution is 2.33. The van der Waals surface area contributed by atoms with Crippen LogP contribution < -0.4 is 10.6 Å². The lowest BCUT2D eigenvalue weighted by atomic mass is 9.92. The van der Waals surface area contributed by atoms with Gasteiger partial charge >= 0.3 is 0 Å². The molecule has 1 amide bonds. The molecule has 0 spiro atoms. The molecule has 4 rings (SSSR count). The number of aliphatic hydroxyl groups is 4. The molecule has 0 aromatic carbocycles. The van der Waals surface area contributed by atoms with Crippen LogP contribution in [-0.2, 0) is 14.3 Å². The van der Waals surface area contributed by atoms with Crippen molar-refractivity contribution < 1.29 is 34.7 Å². The van der Waals surface area contributed by atoms with Crippen molar-refractivity contribution in [3.63, 3.8) is 0 Å². The predicted octanol–water partition coefficient (Wildman–Crippen LogP) is 3.87. The summed E-state index contributed by atoms with van der Waals surface area (Å²) in [6, 6.07) is -1.08. The molecule has 9 unspecified atom stereocenters. The zero-order chi connectivity index (χ0) is 32.2. The van der Waals surface area contributed by atoms with Crippen molar-refractivity contribution in [1.82, 2.24) is 10.6 Å². The lowest BCUT2D eigenvalue weighted by Crippen LogP contribution is -2.64. The van der Waals surface area contributed by atoms with E-state index in [1.54, 1.807) is 0 Å². The SMILES string of the molecule is CC.CC.CC(C)C.CCC.O=C(NC1C/C=C\C(CO)CSC2OC1C(O)C(O)C2O)C1NC[C@@H]2CCCCOC12. The molecule has 10 heteroatoms. The fourth-order valence-corrected chi connectivity index (χ4v) is 6.17. The van der Waals surface area contributed by atoms with Crippen LogP contribution in [0.5, 0.6) is 0 Å². The van der Waals surface area contributed by atoms with Gasteiger partial charge in [-0.1, -0.05) is 87.3 Å². The Morgan fingerprint density at radius 1 is 1.02 bits per heavy atom. The van der Waals surface area contributed by atoms with Crippen molar-refractivity contribution in [3.8, 4) is 0 Å². The van der Waals surface area contributed by atoms with E-state index in [4.69, 9.17) is 9.47 Å². The van der Waals surface area contributed by atoms with Crippen molar-refractivity contribution in [1.29, 1.82) is 0 Å². The first kappa shape index (κ1) is 41.3. The van der Waals surface area contributed by atoms with Crippen molar-refractivity contribution in [2.24, 2.45) is 17.8 Å². The summed E-state index contributed by atoms with van der Waals surface area (Å²) in [7, 11) is 0. The van der Waals surface area contributed by atoms with Crippen LogP contribution in [0.3, 0.4) is 0 Å². The molecule has 0 aromatic rings. The lowest BCUT2D eigenvalue weighted by Gasteiger charge is -2.44. The second kappa shape index (κ2) is 23.6. The average Bonchev–Trinajstić information content (AvgIpc) is 3.24. The molecule has 42 heavy (non-hydrogen) atoms. The monoisotopic (exact) mass is 620 g/mol. The second-order valence-electron chi connectivity index (χ2n) is 11.4. The molecule has 3 saturated heterocycles. The van der Waals surface area contributed by atoms with E-state index in [0.717, 1.165) is 31.7 Å². The molecule has 4 heterocycles. The van der Waals surface area contributed by atoms with E-state index in [1.807, 2.05) is 39.8 Å². The Kier molecular flexibility index (Phi) is 23.2. The minimum atomic E-state index is -1.38. The maximum atomic E-state index is 13.2. The average molecular weight is 621 g/mol. The molecule has 250 valence electrons. The van der Waals surface area contributed by atoms with Crippen LogP contribution in [0.25, 0.3) is 0 Å². The Bertz CT molecular complexity index is 712. The number of aliphatic hydroxyl groups excluding tert-OH is 4. The van der Waals surface area contributed by atoms with Gasteiger partial charge in [0.1, 0.15) is 35.9 Å². The highest BCUT2D eigenvalue weighted by molar-refractivity contribution is 7.99. The maximum absolute atomic E-state index is 13.2. The van der Waals surface area contributed by atoms with Crippen molar-refractivity contribution >= 4 is 17.7 Å². The topological polar surface area (TPSA) is 141 Å². The lowest BCUT2D eigenvalue weighted by molar-refractivity contribution is -0.205. The molecule has 0 saturated carbocycles. The van der Waals surface area contributed by atoms with E-state index in [-0.39, 0.29) is 24.5 Å². The minimum Gasteiger partial charge on any atom is -0.396 e. The molecule has 0 aromatic heterocycles. The van der Waals surface area contributed by atoms with Crippen LogP contribution in [0.4, 0.5) is 0 Å². The van der Waals surface area contributed by atoms with E-state index in [9.17, 15) is 25.2 Å². The molecular formula is C32H64N2O7S. The molecule has 2 bridgehead atoms. The number of nitrogens with one attached hydrogen (secondary N) is 2. The zero-order valence-corrected chi connectivity index (χ0v) is 28.6. The van der Waals surface area contributed by atoms with Gasteiger partial charge in [0.2, 0.25) is 5.91 Å². The van der Waals surface area contributed by atoms with E-state index >= 15 is 0 Å². The summed E-state index contributed by atoms with van der Waals surface area (Å²) in [5.74, 6) is 1.30. The Morgan fingerprint density at radius 2 is 1.64 bits per heavy atom. The molecular weight excluding hydrogens is 556 g/mol. The molecule has 0 radical (unpaired) electrons. The fraction of sp³-hybridized carbons (Fsp3) is 0.906. The summed E-state index contributed by atoms with van der Waals surface area (Å²) < 4.78 is 11.9. The predicted molar refractivity (Wildman–Crippen MR) is 173 cm³/mol. The van der Waals surface area contributed by atoms with Gasteiger partial charge in [-0.3, -0.25) is 4.79 Å². The number of ether oxygens (including phenoxy) is 2. The molecule has 10 atom stereocenters. The van der Waals surface area contributed by atoms with Gasteiger partial charge in [-0.15, -0.1) is 11.8 Å². The molecule has 9 nitrogen and oxygen atoms in total. The number of hydrogen-bond acceptors (Lipinski definition) is 9. The summed E-state index contributed by atoms with van der Waals surface area (Å²) in [6.07, 6.45) is 3.48. The van der Waals surface area contributed by atoms with Crippen molar-refractivity contribution in [3.05, 3.63) is 12.2 Å². The Labute approximate surface area is 260 Å². The smallest absolute Gasteiger partial charge is 0.240 e. The van der Waals surface area contributed by atoms with Gasteiger partial charge in [0, 0.05) is 24.8 Å². The van der Waals surface area contributed by atoms with E-state index in [1.165, 1.54) is 18.2 Å². The first-order chi connectivity index (χ1) is 20.1. The maximum Gasteiger partial charge on any atom is 0.240 e. The quantitative estimate of drug-likeness (QED) is 0.260. The van der Waals surface area contributed by atoms with E-state index in [2.05, 4.69) is 45.3 Å². The van der Waals surface area contributed by atoms with Crippen LogP contribution in [0, 0.1) is 17.8 Å². The number of thioether (sulfide) groups is 1. The summed E-state index contributed by atoms with van der Waals surface area (Å²) in [5, 5.41) is 47.2. The van der Waals surface area contributed by atoms with Crippen molar-refractivity contribution in [2.75, 3.05) is 25.5 Å². The summed E-state index contributed by atoms with van der Waals surface area (Å²) >= 11 is 1.29. The van der Waals surface area contributed by atoms with Gasteiger partial charge < -0.3 is 40.5 Å².